The summed E-state index contributed by atoms with van der Waals surface area (Å²) >= 11 is 0. The molecule has 3 aromatic carbocycles. The third-order valence-corrected chi connectivity index (χ3v) is 9.80. The Hall–Kier alpha value is -2.58. The standard InChI is InChI=1S/C35H44N2/c1-26-13-19-34-29(25-26)16-20-33(27-9-5-3-6-10-27)35(34)28-14-17-32(18-15-28)37-23-21-31(22-24-37)36(2)30-11-7-4-8-12-30/h3,5-6,9-10,13-15,17-19,25,30-31,33,35H,4,7-8,11-12,16,20-24H2,1-2H3. The normalized spacial score (nSPS) is 23.3. The Morgan fingerprint density at radius 2 is 1.41 bits per heavy atom. The molecule has 0 aromatic heterocycles. The molecule has 0 N–H and O–H groups in total. The van der Waals surface area contributed by atoms with Crippen molar-refractivity contribution in [2.24, 2.45) is 0 Å². The first-order chi connectivity index (χ1) is 18.2. The first-order valence-electron chi connectivity index (χ1n) is 14.9. The number of fused-ring (bicyclic) bond motifs is 1. The van der Waals surface area contributed by atoms with E-state index in [0.29, 0.717) is 11.8 Å². The van der Waals surface area contributed by atoms with Gasteiger partial charge in [-0.1, -0.05) is 85.5 Å². The molecule has 3 aromatic rings. The highest BCUT2D eigenvalue weighted by Crippen LogP contribution is 2.46. The van der Waals surface area contributed by atoms with E-state index in [1.54, 1.807) is 5.56 Å². The molecule has 2 fully saturated rings. The van der Waals surface area contributed by atoms with Crippen molar-refractivity contribution in [3.05, 3.63) is 101 Å². The van der Waals surface area contributed by atoms with Gasteiger partial charge in [0.15, 0.2) is 0 Å². The van der Waals surface area contributed by atoms with E-state index in [1.807, 2.05) is 0 Å². The molecule has 37 heavy (non-hydrogen) atoms. The Morgan fingerprint density at radius 1 is 0.703 bits per heavy atom. The van der Waals surface area contributed by atoms with Crippen molar-refractivity contribution in [1.82, 2.24) is 4.90 Å². The Bertz CT molecular complexity index is 1150. The van der Waals surface area contributed by atoms with Gasteiger partial charge in [-0.15, -0.1) is 0 Å². The minimum absolute atomic E-state index is 0.427. The third-order valence-electron chi connectivity index (χ3n) is 9.80. The Kier molecular flexibility index (Phi) is 7.38. The van der Waals surface area contributed by atoms with Gasteiger partial charge in [-0.25, -0.2) is 0 Å². The van der Waals surface area contributed by atoms with Crippen LogP contribution in [0.5, 0.6) is 0 Å². The first kappa shape index (κ1) is 24.7. The molecule has 1 saturated heterocycles. The minimum atomic E-state index is 0.427. The van der Waals surface area contributed by atoms with Gasteiger partial charge in [0.25, 0.3) is 0 Å². The maximum absolute atomic E-state index is 2.74. The van der Waals surface area contributed by atoms with E-state index in [1.165, 1.54) is 98.8 Å². The van der Waals surface area contributed by atoms with E-state index in [2.05, 4.69) is 96.6 Å². The SMILES string of the molecule is Cc1ccc2c(c1)CCC(c1ccccc1)C2c1ccc(N2CCC(N(C)C3CCCCC3)CC2)cc1. The number of rotatable bonds is 5. The predicted molar refractivity (Wildman–Crippen MR) is 157 cm³/mol. The molecule has 0 amide bonds. The molecule has 0 radical (unpaired) electrons. The number of piperidine rings is 1. The van der Waals surface area contributed by atoms with E-state index in [9.17, 15) is 0 Å². The van der Waals surface area contributed by atoms with Crippen molar-refractivity contribution in [3.8, 4) is 0 Å². The molecule has 0 bridgehead atoms. The summed E-state index contributed by atoms with van der Waals surface area (Å²) in [5.74, 6) is 0.962. The van der Waals surface area contributed by atoms with Crippen molar-refractivity contribution in [2.75, 3.05) is 25.0 Å². The highest BCUT2D eigenvalue weighted by Gasteiger charge is 2.32. The Morgan fingerprint density at radius 3 is 2.14 bits per heavy atom. The zero-order chi connectivity index (χ0) is 25.2. The summed E-state index contributed by atoms with van der Waals surface area (Å²) in [5.41, 5.74) is 8.80. The summed E-state index contributed by atoms with van der Waals surface area (Å²) in [6.07, 6.45) is 12.1. The monoisotopic (exact) mass is 492 g/mol. The molecule has 2 atom stereocenters. The van der Waals surface area contributed by atoms with Crippen LogP contribution < -0.4 is 4.90 Å². The fraction of sp³-hybridized carbons (Fsp3) is 0.486. The molecule has 1 aliphatic heterocycles. The molecule has 2 aliphatic carbocycles. The number of anilines is 1. The zero-order valence-electron chi connectivity index (χ0n) is 22.9. The molecule has 6 rings (SSSR count). The van der Waals surface area contributed by atoms with Crippen molar-refractivity contribution < 1.29 is 0 Å². The molecule has 194 valence electrons. The van der Waals surface area contributed by atoms with E-state index >= 15 is 0 Å². The van der Waals surface area contributed by atoms with Crippen LogP contribution in [0.15, 0.2) is 72.8 Å². The molecule has 0 spiro atoms. The van der Waals surface area contributed by atoms with Gasteiger partial charge in [-0.3, -0.25) is 0 Å². The van der Waals surface area contributed by atoms with Crippen LogP contribution in [0.4, 0.5) is 5.69 Å². The quantitative estimate of drug-likeness (QED) is 0.355. The number of benzene rings is 3. The van der Waals surface area contributed by atoms with Gasteiger partial charge >= 0.3 is 0 Å². The smallest absolute Gasteiger partial charge is 0.0366 e. The molecule has 1 saturated carbocycles. The lowest BCUT2D eigenvalue weighted by molar-refractivity contribution is 0.119. The second-order valence-corrected chi connectivity index (χ2v) is 12.0. The topological polar surface area (TPSA) is 6.48 Å². The van der Waals surface area contributed by atoms with E-state index in [4.69, 9.17) is 0 Å². The van der Waals surface area contributed by atoms with Gasteiger partial charge in [-0.2, -0.15) is 0 Å². The molecule has 2 nitrogen and oxygen atoms in total. The van der Waals surface area contributed by atoms with Crippen LogP contribution in [0.1, 0.15) is 91.0 Å². The lowest BCUT2D eigenvalue weighted by atomic mass is 9.69. The molecular weight excluding hydrogens is 448 g/mol. The molecule has 3 aliphatic rings. The fourth-order valence-electron chi connectivity index (χ4n) is 7.63. The lowest BCUT2D eigenvalue weighted by Gasteiger charge is -2.42. The van der Waals surface area contributed by atoms with Crippen molar-refractivity contribution in [1.29, 1.82) is 0 Å². The molecular formula is C35H44N2. The second kappa shape index (κ2) is 11.0. The predicted octanol–water partition coefficient (Wildman–Crippen LogP) is 8.09. The second-order valence-electron chi connectivity index (χ2n) is 12.0. The van der Waals surface area contributed by atoms with Gasteiger partial charge in [0.05, 0.1) is 0 Å². The van der Waals surface area contributed by atoms with Gasteiger partial charge in [0.1, 0.15) is 0 Å². The Labute approximate surface area is 224 Å². The van der Waals surface area contributed by atoms with E-state index in [-0.39, 0.29) is 0 Å². The minimum Gasteiger partial charge on any atom is -0.371 e. The number of nitrogens with zero attached hydrogens (tertiary/aromatic N) is 2. The van der Waals surface area contributed by atoms with Crippen molar-refractivity contribution in [3.63, 3.8) is 0 Å². The third kappa shape index (κ3) is 5.23. The van der Waals surface area contributed by atoms with Crippen LogP contribution in [-0.4, -0.2) is 37.1 Å². The van der Waals surface area contributed by atoms with Crippen LogP contribution in [0.3, 0.4) is 0 Å². The van der Waals surface area contributed by atoms with Gasteiger partial charge in [-0.05, 0) is 92.8 Å². The van der Waals surface area contributed by atoms with Crippen molar-refractivity contribution >= 4 is 5.69 Å². The fourth-order valence-corrected chi connectivity index (χ4v) is 7.63. The molecule has 2 unspecified atom stereocenters. The lowest BCUT2D eigenvalue weighted by Crippen LogP contribution is -2.47. The number of hydrogen-bond acceptors (Lipinski definition) is 2. The molecule has 1 heterocycles. The maximum atomic E-state index is 2.74. The highest BCUT2D eigenvalue weighted by molar-refractivity contribution is 5.52. The van der Waals surface area contributed by atoms with Crippen molar-refractivity contribution in [2.45, 2.75) is 88.6 Å². The Balaban J connectivity index is 1.19. The van der Waals surface area contributed by atoms with Crippen LogP contribution in [0.2, 0.25) is 0 Å². The average Bonchev–Trinajstić information content (AvgIpc) is 2.97. The van der Waals surface area contributed by atoms with Crippen LogP contribution in [0.25, 0.3) is 0 Å². The van der Waals surface area contributed by atoms with Crippen LogP contribution >= 0.6 is 0 Å². The average molecular weight is 493 g/mol. The summed E-state index contributed by atoms with van der Waals surface area (Å²) in [6, 6.07) is 29.6. The zero-order valence-corrected chi connectivity index (χ0v) is 22.9. The van der Waals surface area contributed by atoms with E-state index < -0.39 is 0 Å². The maximum Gasteiger partial charge on any atom is 0.0366 e. The summed E-state index contributed by atoms with van der Waals surface area (Å²) in [6.45, 7) is 4.59. The van der Waals surface area contributed by atoms with Gasteiger partial charge in [0.2, 0.25) is 0 Å². The summed E-state index contributed by atoms with van der Waals surface area (Å²) in [7, 11) is 2.40. The number of hydrogen-bond donors (Lipinski definition) is 0. The number of aryl methyl sites for hydroxylation is 2. The van der Waals surface area contributed by atoms with Crippen LogP contribution in [0, 0.1) is 6.92 Å². The van der Waals surface area contributed by atoms with Crippen LogP contribution in [-0.2, 0) is 6.42 Å². The largest absolute Gasteiger partial charge is 0.371 e. The highest BCUT2D eigenvalue weighted by atomic mass is 15.2. The summed E-state index contributed by atoms with van der Waals surface area (Å²) in [4.78, 5) is 5.37. The van der Waals surface area contributed by atoms with Gasteiger partial charge < -0.3 is 9.80 Å². The first-order valence-corrected chi connectivity index (χ1v) is 14.9. The summed E-state index contributed by atoms with van der Waals surface area (Å²) in [5, 5.41) is 0. The van der Waals surface area contributed by atoms with Gasteiger partial charge in [0, 0.05) is 36.8 Å². The van der Waals surface area contributed by atoms with E-state index in [0.717, 1.165) is 12.1 Å². The molecule has 2 heteroatoms. The summed E-state index contributed by atoms with van der Waals surface area (Å²) < 4.78 is 0.